The highest BCUT2D eigenvalue weighted by atomic mass is 16.3. The van der Waals surface area contributed by atoms with Gasteiger partial charge in [0, 0.05) is 0 Å². The molecule has 1 nitrogen and oxygen atoms in total. The molecule has 0 heterocycles. The van der Waals surface area contributed by atoms with E-state index < -0.39 is 0 Å². The molecule has 1 aliphatic carbocycles. The predicted molar refractivity (Wildman–Crippen MR) is 81.2 cm³/mol. The number of aliphatic hydroxyl groups excluding tert-OH is 1. The Morgan fingerprint density at radius 3 is 2.11 bits per heavy atom. The molecule has 0 aliphatic heterocycles. The van der Waals surface area contributed by atoms with Crippen molar-refractivity contribution in [2.24, 2.45) is 11.8 Å². The molecule has 106 valence electrons. The minimum absolute atomic E-state index is 0.265. The topological polar surface area (TPSA) is 20.2 Å². The lowest BCUT2D eigenvalue weighted by atomic mass is 9.78. The van der Waals surface area contributed by atoms with Crippen LogP contribution in [0.2, 0.25) is 0 Å². The van der Waals surface area contributed by atoms with Gasteiger partial charge in [0.25, 0.3) is 0 Å². The quantitative estimate of drug-likeness (QED) is 0.802. The standard InChI is InChI=1S/C18H28O/c1-4-14(3)15-9-11-17(12-10-15)18(19)16-7-5-13(2)6-8-16/h9-14,16,18-19H,4-8H2,1-3H3. The predicted octanol–water partition coefficient (Wildman–Crippen LogP) is 5.06. The molecule has 2 rings (SSSR count). The minimum Gasteiger partial charge on any atom is -0.388 e. The Kier molecular flexibility index (Phi) is 5.04. The van der Waals surface area contributed by atoms with Crippen molar-refractivity contribution in [1.29, 1.82) is 0 Å². The fraction of sp³-hybridized carbons (Fsp3) is 0.667. The summed E-state index contributed by atoms with van der Waals surface area (Å²) in [6.45, 7) is 6.80. The van der Waals surface area contributed by atoms with Gasteiger partial charge in [0.1, 0.15) is 0 Å². The van der Waals surface area contributed by atoms with Gasteiger partial charge in [-0.25, -0.2) is 0 Å². The highest BCUT2D eigenvalue weighted by molar-refractivity contribution is 5.26. The molecule has 0 bridgehead atoms. The summed E-state index contributed by atoms with van der Waals surface area (Å²) < 4.78 is 0. The minimum atomic E-state index is -0.265. The van der Waals surface area contributed by atoms with Crippen LogP contribution in [0, 0.1) is 11.8 Å². The van der Waals surface area contributed by atoms with E-state index in [0.29, 0.717) is 11.8 Å². The fourth-order valence-corrected chi connectivity index (χ4v) is 3.13. The average molecular weight is 260 g/mol. The van der Waals surface area contributed by atoms with Crippen LogP contribution in [0.15, 0.2) is 24.3 Å². The Hall–Kier alpha value is -0.820. The third kappa shape index (κ3) is 3.60. The van der Waals surface area contributed by atoms with E-state index in [4.69, 9.17) is 0 Å². The van der Waals surface area contributed by atoms with E-state index in [0.717, 1.165) is 11.5 Å². The van der Waals surface area contributed by atoms with E-state index in [-0.39, 0.29) is 6.10 Å². The van der Waals surface area contributed by atoms with Crippen LogP contribution in [0.3, 0.4) is 0 Å². The molecule has 0 saturated heterocycles. The molecule has 1 saturated carbocycles. The summed E-state index contributed by atoms with van der Waals surface area (Å²) in [5.74, 6) is 1.92. The normalized spacial score (nSPS) is 26.9. The van der Waals surface area contributed by atoms with E-state index in [1.807, 2.05) is 0 Å². The third-order valence-corrected chi connectivity index (χ3v) is 4.97. The van der Waals surface area contributed by atoms with Crippen LogP contribution >= 0.6 is 0 Å². The maximum absolute atomic E-state index is 10.5. The van der Waals surface area contributed by atoms with E-state index in [1.54, 1.807) is 0 Å². The van der Waals surface area contributed by atoms with Gasteiger partial charge in [-0.1, -0.05) is 57.9 Å². The average Bonchev–Trinajstić information content (AvgIpc) is 2.46. The van der Waals surface area contributed by atoms with Gasteiger partial charge < -0.3 is 5.11 Å². The number of benzene rings is 1. The molecule has 2 unspecified atom stereocenters. The van der Waals surface area contributed by atoms with Crippen molar-refractivity contribution >= 4 is 0 Å². The van der Waals surface area contributed by atoms with Gasteiger partial charge in [0.15, 0.2) is 0 Å². The van der Waals surface area contributed by atoms with Crippen LogP contribution in [0.5, 0.6) is 0 Å². The van der Waals surface area contributed by atoms with Crippen molar-refractivity contribution in [3.05, 3.63) is 35.4 Å². The van der Waals surface area contributed by atoms with Crippen LogP contribution in [-0.4, -0.2) is 5.11 Å². The molecule has 1 aliphatic rings. The maximum atomic E-state index is 10.5. The third-order valence-electron chi connectivity index (χ3n) is 4.97. The largest absolute Gasteiger partial charge is 0.388 e. The highest BCUT2D eigenvalue weighted by Gasteiger charge is 2.25. The zero-order chi connectivity index (χ0) is 13.8. The van der Waals surface area contributed by atoms with Gasteiger partial charge in [-0.3, -0.25) is 0 Å². The van der Waals surface area contributed by atoms with Crippen molar-refractivity contribution in [3.63, 3.8) is 0 Å². The van der Waals surface area contributed by atoms with Crippen LogP contribution < -0.4 is 0 Å². The SMILES string of the molecule is CCC(C)c1ccc(C(O)C2CCC(C)CC2)cc1. The zero-order valence-electron chi connectivity index (χ0n) is 12.6. The first-order valence-electron chi connectivity index (χ1n) is 7.89. The molecule has 1 heteroatoms. The Labute approximate surface area is 118 Å². The molecule has 1 aromatic rings. The Bertz CT molecular complexity index is 373. The Balaban J connectivity index is 2.01. The molecule has 1 N–H and O–H groups in total. The highest BCUT2D eigenvalue weighted by Crippen LogP contribution is 2.36. The van der Waals surface area contributed by atoms with Crippen LogP contribution in [0.4, 0.5) is 0 Å². The number of aliphatic hydroxyl groups is 1. The summed E-state index contributed by atoms with van der Waals surface area (Å²) in [6, 6.07) is 8.64. The van der Waals surface area contributed by atoms with Gasteiger partial charge in [0.2, 0.25) is 0 Å². The second-order valence-corrected chi connectivity index (χ2v) is 6.44. The lowest BCUT2D eigenvalue weighted by Gasteiger charge is -2.30. The lowest BCUT2D eigenvalue weighted by molar-refractivity contribution is 0.0755. The number of rotatable bonds is 4. The van der Waals surface area contributed by atoms with Crippen LogP contribution in [0.1, 0.15) is 76.0 Å². The monoisotopic (exact) mass is 260 g/mol. The first kappa shape index (κ1) is 14.6. The van der Waals surface area contributed by atoms with Gasteiger partial charge in [0.05, 0.1) is 6.10 Å². The van der Waals surface area contributed by atoms with Crippen molar-refractivity contribution in [3.8, 4) is 0 Å². The van der Waals surface area contributed by atoms with Crippen molar-refractivity contribution in [2.45, 2.75) is 64.9 Å². The maximum Gasteiger partial charge on any atom is 0.0818 e. The van der Waals surface area contributed by atoms with Crippen LogP contribution in [-0.2, 0) is 0 Å². The molecule has 0 amide bonds. The number of hydrogen-bond acceptors (Lipinski definition) is 1. The first-order chi connectivity index (χ1) is 9.11. The summed E-state index contributed by atoms with van der Waals surface area (Å²) in [5, 5.41) is 10.5. The van der Waals surface area contributed by atoms with Gasteiger partial charge in [-0.15, -0.1) is 0 Å². The van der Waals surface area contributed by atoms with Crippen molar-refractivity contribution in [2.75, 3.05) is 0 Å². The van der Waals surface area contributed by atoms with Gasteiger partial charge in [-0.05, 0) is 48.1 Å². The summed E-state index contributed by atoms with van der Waals surface area (Å²) in [6.07, 6.45) is 5.80. The van der Waals surface area contributed by atoms with E-state index in [9.17, 15) is 5.11 Å². The van der Waals surface area contributed by atoms with E-state index in [1.165, 1.54) is 37.7 Å². The molecule has 2 atom stereocenters. The summed E-state index contributed by atoms with van der Waals surface area (Å²) in [5.41, 5.74) is 2.49. The number of hydrogen-bond donors (Lipinski definition) is 1. The lowest BCUT2D eigenvalue weighted by Crippen LogP contribution is -2.19. The molecular weight excluding hydrogens is 232 g/mol. The molecule has 0 spiro atoms. The molecule has 0 radical (unpaired) electrons. The Morgan fingerprint density at radius 2 is 1.58 bits per heavy atom. The smallest absolute Gasteiger partial charge is 0.0818 e. The van der Waals surface area contributed by atoms with E-state index in [2.05, 4.69) is 45.0 Å². The fourth-order valence-electron chi connectivity index (χ4n) is 3.13. The molecule has 19 heavy (non-hydrogen) atoms. The second kappa shape index (κ2) is 6.56. The molecule has 0 aromatic heterocycles. The summed E-state index contributed by atoms with van der Waals surface area (Å²) in [7, 11) is 0. The molecule has 1 fully saturated rings. The van der Waals surface area contributed by atoms with E-state index >= 15 is 0 Å². The summed E-state index contributed by atoms with van der Waals surface area (Å²) in [4.78, 5) is 0. The second-order valence-electron chi connectivity index (χ2n) is 6.44. The molecular formula is C18H28O. The summed E-state index contributed by atoms with van der Waals surface area (Å²) >= 11 is 0. The van der Waals surface area contributed by atoms with Gasteiger partial charge >= 0.3 is 0 Å². The zero-order valence-corrected chi connectivity index (χ0v) is 12.6. The Morgan fingerprint density at radius 1 is 1.05 bits per heavy atom. The van der Waals surface area contributed by atoms with Crippen molar-refractivity contribution < 1.29 is 5.11 Å². The molecule has 1 aromatic carbocycles. The van der Waals surface area contributed by atoms with Crippen LogP contribution in [0.25, 0.3) is 0 Å². The van der Waals surface area contributed by atoms with Crippen molar-refractivity contribution in [1.82, 2.24) is 0 Å². The van der Waals surface area contributed by atoms with Gasteiger partial charge in [-0.2, -0.15) is 0 Å². The first-order valence-corrected chi connectivity index (χ1v) is 7.89.